The van der Waals surface area contributed by atoms with Crippen LogP contribution in [0.25, 0.3) is 0 Å². The van der Waals surface area contributed by atoms with Gasteiger partial charge in [0, 0.05) is 30.7 Å². The fourth-order valence-corrected chi connectivity index (χ4v) is 7.03. The van der Waals surface area contributed by atoms with Crippen molar-refractivity contribution in [1.29, 1.82) is 0 Å². The number of rotatable bonds is 6. The molecule has 0 radical (unpaired) electrons. The molecular weight excluding hydrogens is 773 g/mol. The van der Waals surface area contributed by atoms with Gasteiger partial charge in [-0.05, 0) is 77.9 Å². The van der Waals surface area contributed by atoms with Crippen LogP contribution in [0.4, 0.5) is 52.7 Å². The summed E-state index contributed by atoms with van der Waals surface area (Å²) in [5.74, 6) is 0. The molecule has 0 unspecified atom stereocenters. The number of hydrogen-bond donors (Lipinski definition) is 0. The van der Waals surface area contributed by atoms with E-state index in [9.17, 15) is 52.7 Å². The number of ether oxygens (including phenoxy) is 1. The molecule has 4 aromatic rings. The number of methoxy groups -OCH3 is 1. The molecule has 0 bridgehead atoms. The Hall–Kier alpha value is -3.89. The summed E-state index contributed by atoms with van der Waals surface area (Å²) in [7, 11) is -1.75. The Labute approximate surface area is 293 Å². The first kappa shape index (κ1) is 47.1. The van der Waals surface area contributed by atoms with Gasteiger partial charge in [0.05, 0.1) is 27.9 Å². The standard InChI is InChI=1S/C29H18F12NOP.3CO.Cr/c1-43-25(23-7-4-5-9-42-23)22-6-2-3-8-24(22)44(20-12-16(26(30,31)32)10-17(13-20)27(33,34)35)21-14-18(28(36,37)38)11-19(15-21)29(39,40)41;3*1-2;/h2-15,25H,1H3;;;;/t25-;;;;/m0..../s1. The van der Waals surface area contributed by atoms with Gasteiger partial charge < -0.3 is 4.74 Å². The largest absolute Gasteiger partial charge is 0 e. The van der Waals surface area contributed by atoms with Crippen molar-refractivity contribution in [2.45, 2.75) is 30.8 Å². The maximum Gasteiger partial charge on any atom is 0 e. The Morgan fingerprint density at radius 2 is 0.922 bits per heavy atom. The molecule has 19 heteroatoms. The fourth-order valence-electron chi connectivity index (χ4n) is 4.41. The van der Waals surface area contributed by atoms with Gasteiger partial charge >= 0.3 is 58.6 Å². The zero-order valence-electron chi connectivity index (χ0n) is 25.1. The van der Waals surface area contributed by atoms with Crippen molar-refractivity contribution in [3.8, 4) is 0 Å². The molecule has 3 aromatic carbocycles. The quantitative estimate of drug-likeness (QED) is 0.0850. The van der Waals surface area contributed by atoms with Crippen LogP contribution in [-0.2, 0) is 60.8 Å². The van der Waals surface area contributed by atoms with E-state index in [0.717, 1.165) is 0 Å². The molecule has 0 aliphatic rings. The maximum atomic E-state index is 13.8. The SMILES string of the molecule is CO[C@H](c1ccccn1)c1ccccc1P(c1cc(C(F)(F)F)cc(C(F)(F)F)c1)c1cc(C(F)(F)F)cc(C(F)(F)F)c1.[C-]#[O+].[C-]#[O+].[C-]#[O+].[Cr]. The van der Waals surface area contributed by atoms with E-state index in [-0.39, 0.29) is 46.1 Å². The molecule has 0 aliphatic carbocycles. The van der Waals surface area contributed by atoms with Crippen LogP contribution in [-0.4, -0.2) is 12.1 Å². The average Bonchev–Trinajstić information content (AvgIpc) is 3.07. The van der Waals surface area contributed by atoms with Gasteiger partial charge in [0.2, 0.25) is 0 Å². The van der Waals surface area contributed by atoms with E-state index >= 15 is 0 Å². The average molecular weight is 791 g/mol. The number of aromatic nitrogens is 1. The molecule has 51 heavy (non-hydrogen) atoms. The zero-order chi connectivity index (χ0) is 38.7. The van der Waals surface area contributed by atoms with Gasteiger partial charge in [0.1, 0.15) is 6.10 Å². The summed E-state index contributed by atoms with van der Waals surface area (Å²) in [5, 5.41) is -1.74. The van der Waals surface area contributed by atoms with Crippen molar-refractivity contribution < 1.29 is 88.7 Å². The summed E-state index contributed by atoms with van der Waals surface area (Å²) in [6, 6.07) is 10.7. The third-order valence-electron chi connectivity index (χ3n) is 6.31. The zero-order valence-corrected chi connectivity index (χ0v) is 27.3. The number of pyridine rings is 1. The third kappa shape index (κ3) is 12.4. The van der Waals surface area contributed by atoms with Crippen molar-refractivity contribution in [2.24, 2.45) is 0 Å². The van der Waals surface area contributed by atoms with Crippen LogP contribution >= 0.6 is 7.92 Å². The molecule has 1 aromatic heterocycles. The summed E-state index contributed by atoms with van der Waals surface area (Å²) in [4.78, 5) is 4.15. The molecular formula is C32H18CrF12NO4P. The Morgan fingerprint density at radius 3 is 1.24 bits per heavy atom. The van der Waals surface area contributed by atoms with Gasteiger partial charge in [0.15, 0.2) is 0 Å². The first-order valence-electron chi connectivity index (χ1n) is 12.8. The van der Waals surface area contributed by atoms with E-state index in [1.165, 1.54) is 49.7 Å². The maximum absolute atomic E-state index is 13.8. The first-order valence-corrected chi connectivity index (χ1v) is 14.2. The molecule has 270 valence electrons. The molecule has 0 saturated heterocycles. The van der Waals surface area contributed by atoms with E-state index in [2.05, 4.69) is 24.9 Å². The molecule has 5 nitrogen and oxygen atoms in total. The summed E-state index contributed by atoms with van der Waals surface area (Å²) < 4.78 is 194. The van der Waals surface area contributed by atoms with E-state index in [1.54, 1.807) is 6.07 Å². The van der Waals surface area contributed by atoms with Crippen molar-refractivity contribution in [2.75, 3.05) is 7.11 Å². The molecule has 4 rings (SSSR count). The fraction of sp³-hybridized carbons (Fsp3) is 0.188. The summed E-state index contributed by atoms with van der Waals surface area (Å²) >= 11 is 0. The normalized spacial score (nSPS) is 12.0. The van der Waals surface area contributed by atoms with Gasteiger partial charge in [-0.15, -0.1) is 0 Å². The number of nitrogens with zero attached hydrogens (tertiary/aromatic N) is 1. The van der Waals surface area contributed by atoms with Crippen molar-refractivity contribution >= 4 is 23.8 Å². The van der Waals surface area contributed by atoms with Crippen molar-refractivity contribution in [1.82, 2.24) is 4.98 Å². The molecule has 0 fully saturated rings. The minimum atomic E-state index is -5.34. The van der Waals surface area contributed by atoms with Crippen LogP contribution < -0.4 is 15.9 Å². The molecule has 0 saturated carbocycles. The first-order chi connectivity index (χ1) is 23.3. The van der Waals surface area contributed by atoms with E-state index < -0.39 is 71.6 Å². The van der Waals surface area contributed by atoms with Gasteiger partial charge in [-0.25, -0.2) is 0 Å². The van der Waals surface area contributed by atoms with Crippen LogP contribution in [0.3, 0.4) is 0 Å². The minimum Gasteiger partial charge on any atom is 0 e. The van der Waals surface area contributed by atoms with Gasteiger partial charge in [-0.1, -0.05) is 30.3 Å². The smallest absolute Gasteiger partial charge is 0 e. The van der Waals surface area contributed by atoms with E-state index in [1.807, 2.05) is 0 Å². The molecule has 1 heterocycles. The van der Waals surface area contributed by atoms with Crippen LogP contribution in [0.2, 0.25) is 0 Å². The number of halogens is 12. The van der Waals surface area contributed by atoms with Gasteiger partial charge in [0.25, 0.3) is 0 Å². The molecule has 1 atom stereocenters. The number of alkyl halides is 12. The van der Waals surface area contributed by atoms with E-state index in [0.29, 0.717) is 24.3 Å². The second kappa shape index (κ2) is 19.6. The predicted molar refractivity (Wildman–Crippen MR) is 150 cm³/mol. The van der Waals surface area contributed by atoms with Crippen LogP contribution in [0, 0.1) is 20.0 Å². The van der Waals surface area contributed by atoms with Gasteiger partial charge in [-0.2, -0.15) is 52.7 Å². The molecule has 0 spiro atoms. The number of benzene rings is 3. The predicted octanol–water partition coefficient (Wildman–Crippen LogP) is 8.54. The third-order valence-corrected chi connectivity index (χ3v) is 8.75. The summed E-state index contributed by atoms with van der Waals surface area (Å²) in [6.07, 6.45) is -21.2. The molecule has 0 aliphatic heterocycles. The molecule has 0 amide bonds. The monoisotopic (exact) mass is 791 g/mol. The van der Waals surface area contributed by atoms with Crippen molar-refractivity contribution in [3.05, 3.63) is 139 Å². The summed E-state index contributed by atoms with van der Waals surface area (Å²) in [6.45, 7) is 13.5. The number of hydrogen-bond acceptors (Lipinski definition) is 2. The van der Waals surface area contributed by atoms with Crippen molar-refractivity contribution in [3.63, 3.8) is 0 Å². The Kier molecular flexibility index (Phi) is 18.1. The van der Waals surface area contributed by atoms with Crippen LogP contribution in [0.5, 0.6) is 0 Å². The second-order valence-electron chi connectivity index (χ2n) is 9.29. The second-order valence-corrected chi connectivity index (χ2v) is 11.5. The molecule has 0 N–H and O–H groups in total. The Balaban J connectivity index is 0.00000339. The van der Waals surface area contributed by atoms with Gasteiger partial charge in [-0.3, -0.25) is 4.98 Å². The Bertz CT molecular complexity index is 1620. The van der Waals surface area contributed by atoms with E-state index in [4.69, 9.17) is 18.7 Å². The minimum absolute atomic E-state index is 0. The van der Waals surface area contributed by atoms with Crippen LogP contribution in [0.1, 0.15) is 39.6 Å². The Morgan fingerprint density at radius 1 is 0.569 bits per heavy atom. The summed E-state index contributed by atoms with van der Waals surface area (Å²) in [5.41, 5.74) is -6.90. The van der Waals surface area contributed by atoms with Crippen LogP contribution in [0.15, 0.2) is 85.1 Å². The topological polar surface area (TPSA) is 81.8 Å².